The predicted octanol–water partition coefficient (Wildman–Crippen LogP) is 8.87. The molecule has 0 fully saturated rings. The maximum Gasteiger partial charge on any atom is 0.331 e. The van der Waals surface area contributed by atoms with E-state index in [2.05, 4.69) is 31.7 Å². The van der Waals surface area contributed by atoms with Gasteiger partial charge in [-0.05, 0) is 62.3 Å². The molecule has 1 rings (SSSR count). The van der Waals surface area contributed by atoms with Crippen LogP contribution in [0.5, 0.6) is 0 Å². The number of carbonyl (C=O) groups is 1. The van der Waals surface area contributed by atoms with Crippen LogP contribution in [-0.4, -0.2) is 11.1 Å². The lowest BCUT2D eigenvalue weighted by Crippen LogP contribution is -2.00. The van der Waals surface area contributed by atoms with Gasteiger partial charge in [0, 0.05) is 10.5 Å². The molecule has 0 aliphatic heterocycles. The van der Waals surface area contributed by atoms with Gasteiger partial charge in [-0.1, -0.05) is 89.0 Å². The highest BCUT2D eigenvalue weighted by molar-refractivity contribution is 7.80. The molecule has 168 valence electrons. The van der Waals surface area contributed by atoms with E-state index in [1.165, 1.54) is 77.0 Å². The van der Waals surface area contributed by atoms with E-state index in [0.717, 1.165) is 23.3 Å². The molecular weight excluding hydrogens is 388 g/mol. The number of rotatable bonds is 18. The van der Waals surface area contributed by atoms with E-state index in [-0.39, 0.29) is 0 Å². The number of carboxylic acid groups (broad SMARTS) is 1. The molecule has 0 bridgehead atoms. The molecule has 0 aliphatic carbocycles. The Balaban J connectivity index is 2.03. The largest absolute Gasteiger partial charge is 0.478 e. The summed E-state index contributed by atoms with van der Waals surface area (Å²) < 4.78 is 0. The fourth-order valence-corrected chi connectivity index (χ4v) is 3.85. The van der Waals surface area contributed by atoms with Gasteiger partial charge in [0.05, 0.1) is 0 Å². The molecule has 30 heavy (non-hydrogen) atoms. The molecule has 1 aromatic carbocycles. The number of aliphatic carboxylic acids is 1. The Kier molecular flexibility index (Phi) is 16.2. The molecule has 0 heterocycles. The Labute approximate surface area is 190 Å². The summed E-state index contributed by atoms with van der Waals surface area (Å²) in [5.41, 5.74) is 1.40. The molecule has 1 aromatic rings. The first-order valence-corrected chi connectivity index (χ1v) is 12.5. The summed E-state index contributed by atoms with van der Waals surface area (Å²) in [6, 6.07) is 7.61. The van der Waals surface area contributed by atoms with Gasteiger partial charge in [0.1, 0.15) is 0 Å². The van der Waals surface area contributed by atoms with E-state index in [4.69, 9.17) is 0 Å². The van der Waals surface area contributed by atoms with Crippen LogP contribution in [0.2, 0.25) is 0 Å². The molecule has 0 radical (unpaired) electrons. The summed E-state index contributed by atoms with van der Waals surface area (Å²) in [6.07, 6.45) is 24.8. The fraction of sp³-hybridized carbons (Fsp3) is 0.593. The van der Waals surface area contributed by atoms with Crippen molar-refractivity contribution in [2.45, 2.75) is 108 Å². The number of hydrogen-bond acceptors (Lipinski definition) is 2. The van der Waals surface area contributed by atoms with E-state index in [9.17, 15) is 9.90 Å². The molecule has 0 aliphatic rings. The zero-order chi connectivity index (χ0) is 21.9. The third-order valence-electron chi connectivity index (χ3n) is 5.44. The lowest BCUT2D eigenvalue weighted by molar-refractivity contribution is -0.132. The van der Waals surface area contributed by atoms with Gasteiger partial charge in [0.2, 0.25) is 0 Å². The Bertz CT molecular complexity index is 634. The second-order valence-electron chi connectivity index (χ2n) is 8.26. The SMILES string of the molecule is CCCCCCCC/C=C\CCCCCCCCC(=Cc1cccc(S)c1)C(=O)O. The van der Waals surface area contributed by atoms with Crippen molar-refractivity contribution in [3.63, 3.8) is 0 Å². The van der Waals surface area contributed by atoms with E-state index >= 15 is 0 Å². The van der Waals surface area contributed by atoms with Gasteiger partial charge >= 0.3 is 5.97 Å². The maximum atomic E-state index is 11.5. The minimum absolute atomic E-state index is 0.490. The van der Waals surface area contributed by atoms with Crippen molar-refractivity contribution in [3.8, 4) is 0 Å². The van der Waals surface area contributed by atoms with Gasteiger partial charge < -0.3 is 5.11 Å². The average molecular weight is 431 g/mol. The first-order valence-electron chi connectivity index (χ1n) is 12.0. The molecule has 0 amide bonds. The predicted molar refractivity (Wildman–Crippen MR) is 133 cm³/mol. The van der Waals surface area contributed by atoms with Crippen molar-refractivity contribution in [1.29, 1.82) is 0 Å². The van der Waals surface area contributed by atoms with E-state index < -0.39 is 5.97 Å². The van der Waals surface area contributed by atoms with Crippen molar-refractivity contribution in [3.05, 3.63) is 47.6 Å². The number of thiol groups is 1. The molecule has 3 heteroatoms. The van der Waals surface area contributed by atoms with Gasteiger partial charge in [-0.2, -0.15) is 0 Å². The first-order chi connectivity index (χ1) is 14.6. The molecule has 0 aromatic heterocycles. The Morgan fingerprint density at radius 3 is 2.00 bits per heavy atom. The first kappa shape index (κ1) is 26.6. The molecule has 1 N–H and O–H groups in total. The topological polar surface area (TPSA) is 37.3 Å². The zero-order valence-electron chi connectivity index (χ0n) is 19.0. The Morgan fingerprint density at radius 2 is 1.43 bits per heavy atom. The van der Waals surface area contributed by atoms with Crippen LogP contribution in [0.1, 0.15) is 109 Å². The number of carboxylic acids is 1. The van der Waals surface area contributed by atoms with Gasteiger partial charge in [-0.15, -0.1) is 12.6 Å². The number of benzene rings is 1. The third kappa shape index (κ3) is 14.5. The highest BCUT2D eigenvalue weighted by atomic mass is 32.1. The minimum Gasteiger partial charge on any atom is -0.478 e. The monoisotopic (exact) mass is 430 g/mol. The second kappa shape index (κ2) is 18.3. The lowest BCUT2D eigenvalue weighted by Gasteiger charge is -2.04. The third-order valence-corrected chi connectivity index (χ3v) is 5.72. The molecular formula is C27H42O2S. The minimum atomic E-state index is -0.813. The van der Waals surface area contributed by atoms with Crippen molar-refractivity contribution in [2.24, 2.45) is 0 Å². The van der Waals surface area contributed by atoms with E-state index in [1.54, 1.807) is 6.08 Å². The van der Waals surface area contributed by atoms with E-state index in [1.807, 2.05) is 24.3 Å². The highest BCUT2D eigenvalue weighted by Gasteiger charge is 2.07. The van der Waals surface area contributed by atoms with Crippen LogP contribution in [-0.2, 0) is 4.79 Å². The maximum absolute atomic E-state index is 11.5. The zero-order valence-corrected chi connectivity index (χ0v) is 19.8. The second-order valence-corrected chi connectivity index (χ2v) is 8.77. The summed E-state index contributed by atoms with van der Waals surface area (Å²) in [6.45, 7) is 2.26. The van der Waals surface area contributed by atoms with Crippen molar-refractivity contribution in [2.75, 3.05) is 0 Å². The summed E-state index contributed by atoms with van der Waals surface area (Å²) in [4.78, 5) is 12.3. The van der Waals surface area contributed by atoms with Gasteiger partial charge in [0.25, 0.3) is 0 Å². The average Bonchev–Trinajstić information content (AvgIpc) is 2.72. The quantitative estimate of drug-likeness (QED) is 0.106. The van der Waals surface area contributed by atoms with Crippen LogP contribution >= 0.6 is 12.6 Å². The number of hydrogen-bond donors (Lipinski definition) is 2. The lowest BCUT2D eigenvalue weighted by atomic mass is 10.0. The summed E-state index contributed by atoms with van der Waals surface area (Å²) >= 11 is 4.32. The summed E-state index contributed by atoms with van der Waals surface area (Å²) in [7, 11) is 0. The van der Waals surface area contributed by atoms with Crippen molar-refractivity contribution >= 4 is 24.7 Å². The summed E-state index contributed by atoms with van der Waals surface area (Å²) in [5, 5.41) is 9.44. The normalized spacial score (nSPS) is 12.0. The van der Waals surface area contributed by atoms with Gasteiger partial charge in [0.15, 0.2) is 0 Å². The summed E-state index contributed by atoms with van der Waals surface area (Å²) in [5.74, 6) is -0.813. The van der Waals surface area contributed by atoms with Crippen molar-refractivity contribution < 1.29 is 9.90 Å². The van der Waals surface area contributed by atoms with Crippen LogP contribution in [0.25, 0.3) is 6.08 Å². The molecule has 0 atom stereocenters. The van der Waals surface area contributed by atoms with E-state index in [0.29, 0.717) is 12.0 Å². The molecule has 0 spiro atoms. The molecule has 0 saturated heterocycles. The van der Waals surface area contributed by atoms with Gasteiger partial charge in [-0.3, -0.25) is 0 Å². The Hall–Kier alpha value is -1.48. The fourth-order valence-electron chi connectivity index (χ4n) is 3.62. The van der Waals surface area contributed by atoms with Crippen LogP contribution in [0, 0.1) is 0 Å². The van der Waals surface area contributed by atoms with Crippen molar-refractivity contribution in [1.82, 2.24) is 0 Å². The van der Waals surface area contributed by atoms with Gasteiger partial charge in [-0.25, -0.2) is 4.79 Å². The van der Waals surface area contributed by atoms with Crippen LogP contribution in [0.4, 0.5) is 0 Å². The highest BCUT2D eigenvalue weighted by Crippen LogP contribution is 2.18. The molecule has 0 saturated carbocycles. The number of unbranched alkanes of at least 4 members (excludes halogenated alkanes) is 12. The van der Waals surface area contributed by atoms with Crippen LogP contribution in [0.3, 0.4) is 0 Å². The molecule has 0 unspecified atom stereocenters. The molecule has 2 nitrogen and oxygen atoms in total. The smallest absolute Gasteiger partial charge is 0.331 e. The van der Waals surface area contributed by atoms with Crippen LogP contribution < -0.4 is 0 Å². The Morgan fingerprint density at radius 1 is 0.867 bits per heavy atom. The van der Waals surface area contributed by atoms with Crippen LogP contribution in [0.15, 0.2) is 46.9 Å². The standard InChI is InChI=1S/C27H42O2S/c1-2-3-4-5-6-7-8-9-10-11-12-13-14-15-16-17-20-25(27(28)29)22-24-19-18-21-26(30)23-24/h9-10,18-19,21-23,30H,2-8,11-17,20H2,1H3,(H,28,29)/b10-9-,25-22?. The number of allylic oxidation sites excluding steroid dienone is 2.